The summed E-state index contributed by atoms with van der Waals surface area (Å²) < 4.78 is 0. The van der Waals surface area contributed by atoms with E-state index in [4.69, 9.17) is 0 Å². The Labute approximate surface area is 115 Å². The molecule has 0 spiro atoms. The third kappa shape index (κ3) is 3.91. The van der Waals surface area contributed by atoms with Crippen LogP contribution in [0.5, 0.6) is 0 Å². The predicted molar refractivity (Wildman–Crippen MR) is 80.0 cm³/mol. The molecule has 1 amide bonds. The van der Waals surface area contributed by atoms with E-state index in [1.807, 2.05) is 20.8 Å². The number of rotatable bonds is 3. The van der Waals surface area contributed by atoms with E-state index >= 15 is 0 Å². The molecule has 1 aliphatic heterocycles. The van der Waals surface area contributed by atoms with Crippen LogP contribution in [0.25, 0.3) is 0 Å². The summed E-state index contributed by atoms with van der Waals surface area (Å²) in [5.41, 5.74) is 1.13. The Kier molecular flexibility index (Phi) is 5.09. The second-order valence-corrected chi connectivity index (χ2v) is 7.05. The molecule has 1 N–H and O–H groups in total. The Morgan fingerprint density at radius 3 is 2.50 bits per heavy atom. The van der Waals surface area contributed by atoms with E-state index in [9.17, 15) is 4.79 Å². The van der Waals surface area contributed by atoms with Crippen molar-refractivity contribution in [1.29, 1.82) is 0 Å². The zero-order valence-electron chi connectivity index (χ0n) is 12.3. The number of thioether (sulfide) groups is 1. The molecule has 18 heavy (non-hydrogen) atoms. The zero-order valence-corrected chi connectivity index (χ0v) is 13.1. The van der Waals surface area contributed by atoms with Crippen LogP contribution in [0.15, 0.2) is 22.1 Å². The molecule has 0 saturated carbocycles. The van der Waals surface area contributed by atoms with Crippen molar-refractivity contribution in [2.75, 3.05) is 0 Å². The Balaban J connectivity index is 2.75. The van der Waals surface area contributed by atoms with Crippen molar-refractivity contribution in [1.82, 2.24) is 5.32 Å². The van der Waals surface area contributed by atoms with Crippen LogP contribution in [0.1, 0.15) is 48.0 Å². The summed E-state index contributed by atoms with van der Waals surface area (Å²) in [6.07, 6.45) is 3.28. The topological polar surface area (TPSA) is 29.1 Å². The molecule has 0 bridgehead atoms. The maximum absolute atomic E-state index is 12.0. The fraction of sp³-hybridized carbons (Fsp3) is 0.667. The minimum absolute atomic E-state index is 0.0810. The highest BCUT2D eigenvalue weighted by Gasteiger charge is 2.24. The summed E-state index contributed by atoms with van der Waals surface area (Å²) in [5, 5.41) is 6.21. The minimum atomic E-state index is -0.342. The molecule has 3 heteroatoms. The molecule has 0 aromatic heterocycles. The van der Waals surface area contributed by atoms with Gasteiger partial charge in [0.1, 0.15) is 0 Å². The molecule has 0 fully saturated rings. The van der Waals surface area contributed by atoms with Gasteiger partial charge in [-0.2, -0.15) is 0 Å². The van der Waals surface area contributed by atoms with Gasteiger partial charge in [0.15, 0.2) is 0 Å². The van der Waals surface area contributed by atoms with Crippen LogP contribution >= 0.6 is 11.8 Å². The van der Waals surface area contributed by atoms with Crippen molar-refractivity contribution >= 4 is 17.7 Å². The molecular formula is C15H25NOS. The van der Waals surface area contributed by atoms with Gasteiger partial charge in [0.2, 0.25) is 5.91 Å². The average molecular weight is 267 g/mol. The fourth-order valence-corrected chi connectivity index (χ4v) is 2.93. The van der Waals surface area contributed by atoms with Crippen molar-refractivity contribution in [2.24, 2.45) is 17.3 Å². The normalized spacial score (nSPS) is 20.5. The molecule has 0 aromatic rings. The first-order valence-corrected chi connectivity index (χ1v) is 7.53. The Morgan fingerprint density at radius 1 is 1.44 bits per heavy atom. The van der Waals surface area contributed by atoms with Crippen molar-refractivity contribution in [3.8, 4) is 0 Å². The molecule has 1 unspecified atom stereocenters. The van der Waals surface area contributed by atoms with E-state index in [2.05, 4.69) is 37.6 Å². The molecule has 0 saturated heterocycles. The molecule has 0 radical (unpaired) electrons. The predicted octanol–water partition coefficient (Wildman–Crippen LogP) is 4.30. The minimum Gasteiger partial charge on any atom is -0.320 e. The van der Waals surface area contributed by atoms with Gasteiger partial charge in [-0.25, -0.2) is 0 Å². The lowest BCUT2D eigenvalue weighted by Crippen LogP contribution is -2.34. The highest BCUT2D eigenvalue weighted by atomic mass is 32.2. The molecule has 0 aliphatic carbocycles. The summed E-state index contributed by atoms with van der Waals surface area (Å²) in [4.78, 5) is 12.0. The van der Waals surface area contributed by atoms with E-state index in [-0.39, 0.29) is 11.3 Å². The third-order valence-corrected chi connectivity index (χ3v) is 4.01. The van der Waals surface area contributed by atoms with Crippen molar-refractivity contribution < 1.29 is 4.79 Å². The first-order valence-electron chi connectivity index (χ1n) is 6.65. The molecule has 1 heterocycles. The van der Waals surface area contributed by atoms with Crippen LogP contribution in [0.3, 0.4) is 0 Å². The van der Waals surface area contributed by atoms with Gasteiger partial charge in [-0.1, -0.05) is 58.9 Å². The summed E-state index contributed by atoms with van der Waals surface area (Å²) in [6.45, 7) is 12.4. The summed E-state index contributed by atoms with van der Waals surface area (Å²) in [7, 11) is 0. The largest absolute Gasteiger partial charge is 0.320 e. The number of hydrogen-bond donors (Lipinski definition) is 1. The number of nitrogens with one attached hydrogen (secondary N) is 1. The molecule has 1 atom stereocenters. The molecular weight excluding hydrogens is 242 g/mol. The maximum Gasteiger partial charge on any atom is 0.230 e. The van der Waals surface area contributed by atoms with Gasteiger partial charge in [-0.3, -0.25) is 4.79 Å². The van der Waals surface area contributed by atoms with E-state index in [0.717, 1.165) is 11.4 Å². The number of hydrogen-bond acceptors (Lipinski definition) is 2. The van der Waals surface area contributed by atoms with E-state index in [0.29, 0.717) is 11.8 Å². The van der Waals surface area contributed by atoms with Gasteiger partial charge in [0, 0.05) is 11.3 Å². The summed E-state index contributed by atoms with van der Waals surface area (Å²) in [6, 6.07) is 0. The van der Waals surface area contributed by atoms with Gasteiger partial charge >= 0.3 is 0 Å². The molecule has 102 valence electrons. The standard InChI is InChI=1S/C15H25NOS/c1-7-11-8-13(16-14(17)15(4,5)6)18-9-12(11)10(2)3/h8-11H,7H2,1-6H3,(H,16,17). The first kappa shape index (κ1) is 15.4. The smallest absolute Gasteiger partial charge is 0.230 e. The van der Waals surface area contributed by atoms with Gasteiger partial charge in [0.25, 0.3) is 0 Å². The van der Waals surface area contributed by atoms with E-state index in [1.165, 1.54) is 5.57 Å². The second kappa shape index (κ2) is 5.96. The van der Waals surface area contributed by atoms with Crippen LogP contribution in [0.4, 0.5) is 0 Å². The summed E-state index contributed by atoms with van der Waals surface area (Å²) >= 11 is 1.63. The molecule has 2 nitrogen and oxygen atoms in total. The van der Waals surface area contributed by atoms with E-state index in [1.54, 1.807) is 11.8 Å². The first-order chi connectivity index (χ1) is 8.25. The second-order valence-electron chi connectivity index (χ2n) is 6.14. The maximum atomic E-state index is 12.0. The highest BCUT2D eigenvalue weighted by Crippen LogP contribution is 2.35. The lowest BCUT2D eigenvalue weighted by molar-refractivity contribution is -0.127. The van der Waals surface area contributed by atoms with Crippen LogP contribution < -0.4 is 5.32 Å². The third-order valence-electron chi connectivity index (χ3n) is 3.13. The fourth-order valence-electron chi connectivity index (χ4n) is 1.83. The Morgan fingerprint density at radius 2 is 2.06 bits per heavy atom. The quantitative estimate of drug-likeness (QED) is 0.826. The van der Waals surface area contributed by atoms with Crippen molar-refractivity contribution in [2.45, 2.75) is 48.0 Å². The lowest BCUT2D eigenvalue weighted by atomic mass is 9.89. The van der Waals surface area contributed by atoms with Gasteiger partial charge in [0.05, 0.1) is 5.03 Å². The SMILES string of the molecule is CCC1C=C(NC(=O)C(C)(C)C)SC=C1C(C)C. The van der Waals surface area contributed by atoms with Crippen LogP contribution in [-0.2, 0) is 4.79 Å². The van der Waals surface area contributed by atoms with Gasteiger partial charge < -0.3 is 5.32 Å². The van der Waals surface area contributed by atoms with Crippen molar-refractivity contribution in [3.63, 3.8) is 0 Å². The number of carbonyl (C=O) groups is 1. The Hall–Kier alpha value is -0.700. The average Bonchev–Trinajstić information content (AvgIpc) is 2.27. The Bertz CT molecular complexity index is 374. The van der Waals surface area contributed by atoms with Crippen LogP contribution in [0.2, 0.25) is 0 Å². The number of amides is 1. The highest BCUT2D eigenvalue weighted by molar-refractivity contribution is 8.05. The van der Waals surface area contributed by atoms with Crippen LogP contribution in [0, 0.1) is 17.3 Å². The monoisotopic (exact) mass is 267 g/mol. The number of carbonyl (C=O) groups excluding carboxylic acids is 1. The number of allylic oxidation sites excluding steroid dienone is 2. The molecule has 1 rings (SSSR count). The zero-order chi connectivity index (χ0) is 13.9. The summed E-state index contributed by atoms with van der Waals surface area (Å²) in [5.74, 6) is 1.11. The van der Waals surface area contributed by atoms with Gasteiger partial charge in [-0.15, -0.1) is 0 Å². The van der Waals surface area contributed by atoms with E-state index < -0.39 is 0 Å². The molecule has 0 aromatic carbocycles. The van der Waals surface area contributed by atoms with Crippen molar-refractivity contribution in [3.05, 3.63) is 22.1 Å². The lowest BCUT2D eigenvalue weighted by Gasteiger charge is -2.26. The van der Waals surface area contributed by atoms with Crippen LogP contribution in [-0.4, -0.2) is 5.91 Å². The van der Waals surface area contributed by atoms with Gasteiger partial charge in [-0.05, 0) is 23.8 Å². The molecule has 1 aliphatic rings.